The normalized spacial score (nSPS) is 19.9. The summed E-state index contributed by atoms with van der Waals surface area (Å²) in [5.74, 6) is -0.401. The SMILES string of the molecule is CCOC(=O)[C@H](OC(=O)[C@@H]1C[C@@H]1C)c1nccn1Cc1ccccc1. The summed E-state index contributed by atoms with van der Waals surface area (Å²) in [4.78, 5) is 28.8. The van der Waals surface area contributed by atoms with Crippen molar-refractivity contribution >= 4 is 11.9 Å². The van der Waals surface area contributed by atoms with Gasteiger partial charge in [0.15, 0.2) is 5.82 Å². The van der Waals surface area contributed by atoms with E-state index in [0.717, 1.165) is 12.0 Å². The molecule has 0 unspecified atom stereocenters. The van der Waals surface area contributed by atoms with Crippen LogP contribution in [-0.2, 0) is 25.6 Å². The van der Waals surface area contributed by atoms with E-state index in [2.05, 4.69) is 4.98 Å². The predicted molar refractivity (Wildman–Crippen MR) is 90.5 cm³/mol. The molecule has 1 aliphatic rings. The highest BCUT2D eigenvalue weighted by atomic mass is 16.6. The van der Waals surface area contributed by atoms with Crippen LogP contribution < -0.4 is 0 Å². The first-order valence-electron chi connectivity index (χ1n) is 8.52. The van der Waals surface area contributed by atoms with Gasteiger partial charge in [0.1, 0.15) is 0 Å². The number of rotatable bonds is 7. The first-order chi connectivity index (χ1) is 12.1. The molecule has 25 heavy (non-hydrogen) atoms. The van der Waals surface area contributed by atoms with E-state index < -0.39 is 12.1 Å². The lowest BCUT2D eigenvalue weighted by molar-refractivity contribution is -0.170. The zero-order valence-corrected chi connectivity index (χ0v) is 14.4. The second kappa shape index (κ2) is 7.51. The van der Waals surface area contributed by atoms with Crippen LogP contribution in [0.2, 0.25) is 0 Å². The summed E-state index contributed by atoms with van der Waals surface area (Å²) < 4.78 is 12.4. The van der Waals surface area contributed by atoms with Crippen molar-refractivity contribution < 1.29 is 19.1 Å². The highest BCUT2D eigenvalue weighted by molar-refractivity contribution is 5.82. The number of aromatic nitrogens is 2. The largest absolute Gasteiger partial charge is 0.463 e. The lowest BCUT2D eigenvalue weighted by atomic mass is 10.2. The van der Waals surface area contributed by atoms with E-state index in [-0.39, 0.29) is 18.5 Å². The quantitative estimate of drug-likeness (QED) is 0.724. The van der Waals surface area contributed by atoms with Crippen LogP contribution in [0.25, 0.3) is 0 Å². The summed E-state index contributed by atoms with van der Waals surface area (Å²) in [5, 5.41) is 0. The van der Waals surface area contributed by atoms with Crippen LogP contribution in [0.5, 0.6) is 0 Å². The van der Waals surface area contributed by atoms with Gasteiger partial charge in [-0.2, -0.15) is 0 Å². The predicted octanol–water partition coefficient (Wildman–Crippen LogP) is 2.73. The van der Waals surface area contributed by atoms with Gasteiger partial charge in [-0.1, -0.05) is 37.3 Å². The van der Waals surface area contributed by atoms with Crippen molar-refractivity contribution in [3.63, 3.8) is 0 Å². The molecule has 0 saturated heterocycles. The first kappa shape index (κ1) is 17.2. The maximum absolute atomic E-state index is 12.4. The number of hydrogen-bond donors (Lipinski definition) is 0. The number of carbonyl (C=O) groups is 2. The van der Waals surface area contributed by atoms with Crippen molar-refractivity contribution in [2.24, 2.45) is 11.8 Å². The Bertz CT molecular complexity index is 741. The highest BCUT2D eigenvalue weighted by Gasteiger charge is 2.43. The van der Waals surface area contributed by atoms with Gasteiger partial charge in [0.05, 0.1) is 12.5 Å². The second-order valence-corrected chi connectivity index (χ2v) is 6.29. The molecule has 0 amide bonds. The Morgan fingerprint density at radius 1 is 1.32 bits per heavy atom. The zero-order valence-electron chi connectivity index (χ0n) is 14.4. The fraction of sp³-hybridized carbons (Fsp3) is 0.421. The van der Waals surface area contributed by atoms with Crippen LogP contribution in [0.4, 0.5) is 0 Å². The molecule has 1 saturated carbocycles. The number of imidazole rings is 1. The van der Waals surface area contributed by atoms with Crippen LogP contribution in [-0.4, -0.2) is 28.1 Å². The molecule has 0 bridgehead atoms. The van der Waals surface area contributed by atoms with Crippen molar-refractivity contribution in [2.75, 3.05) is 6.61 Å². The van der Waals surface area contributed by atoms with Crippen LogP contribution >= 0.6 is 0 Å². The second-order valence-electron chi connectivity index (χ2n) is 6.29. The van der Waals surface area contributed by atoms with Crippen LogP contribution in [0.15, 0.2) is 42.7 Å². The summed E-state index contributed by atoms with van der Waals surface area (Å²) >= 11 is 0. The molecule has 1 aliphatic carbocycles. The van der Waals surface area contributed by atoms with E-state index >= 15 is 0 Å². The Balaban J connectivity index is 1.82. The summed E-state index contributed by atoms with van der Waals surface area (Å²) in [6.45, 7) is 4.45. The summed E-state index contributed by atoms with van der Waals surface area (Å²) in [6.07, 6.45) is 3.02. The molecule has 3 rings (SSSR count). The third-order valence-corrected chi connectivity index (χ3v) is 4.32. The van der Waals surface area contributed by atoms with Gasteiger partial charge in [-0.05, 0) is 24.8 Å². The smallest absolute Gasteiger partial charge is 0.355 e. The molecule has 0 aliphatic heterocycles. The zero-order chi connectivity index (χ0) is 17.8. The van der Waals surface area contributed by atoms with Gasteiger partial charge in [0.2, 0.25) is 0 Å². The average Bonchev–Trinajstić information content (AvgIpc) is 3.17. The Kier molecular flexibility index (Phi) is 5.16. The number of hydrogen-bond acceptors (Lipinski definition) is 5. The van der Waals surface area contributed by atoms with E-state index in [1.165, 1.54) is 0 Å². The number of nitrogens with zero attached hydrogens (tertiary/aromatic N) is 2. The van der Waals surface area contributed by atoms with E-state index in [4.69, 9.17) is 9.47 Å². The fourth-order valence-electron chi connectivity index (χ4n) is 2.75. The van der Waals surface area contributed by atoms with Gasteiger partial charge in [-0.3, -0.25) is 4.79 Å². The molecule has 132 valence electrons. The van der Waals surface area contributed by atoms with Crippen LogP contribution in [0.3, 0.4) is 0 Å². The third-order valence-electron chi connectivity index (χ3n) is 4.32. The number of esters is 2. The molecule has 3 atom stereocenters. The topological polar surface area (TPSA) is 70.4 Å². The Labute approximate surface area is 146 Å². The summed E-state index contributed by atoms with van der Waals surface area (Å²) in [6, 6.07) is 9.81. The van der Waals surface area contributed by atoms with Crippen LogP contribution in [0, 0.1) is 11.8 Å². The Morgan fingerprint density at radius 2 is 2.04 bits per heavy atom. The number of carbonyl (C=O) groups excluding carboxylic acids is 2. The van der Waals surface area contributed by atoms with E-state index in [1.807, 2.05) is 37.3 Å². The minimum Gasteiger partial charge on any atom is -0.463 e. The maximum atomic E-state index is 12.4. The number of benzene rings is 1. The molecular formula is C19H22N2O4. The van der Waals surface area contributed by atoms with Crippen molar-refractivity contribution in [2.45, 2.75) is 32.9 Å². The lowest BCUT2D eigenvalue weighted by Gasteiger charge is -2.18. The molecule has 2 aromatic rings. The van der Waals surface area contributed by atoms with Gasteiger partial charge in [-0.25, -0.2) is 9.78 Å². The molecule has 1 aromatic heterocycles. The standard InChI is InChI=1S/C19H22N2O4/c1-3-24-19(23)16(25-18(22)15-11-13(15)2)17-20-9-10-21(17)12-14-7-5-4-6-8-14/h4-10,13,15-16H,3,11-12H2,1-2H3/t13-,15+,16+/m0/s1. The fourth-order valence-corrected chi connectivity index (χ4v) is 2.75. The molecule has 0 radical (unpaired) electrons. The van der Waals surface area contributed by atoms with E-state index in [9.17, 15) is 9.59 Å². The summed E-state index contributed by atoms with van der Waals surface area (Å²) in [7, 11) is 0. The van der Waals surface area contributed by atoms with Gasteiger partial charge >= 0.3 is 11.9 Å². The molecular weight excluding hydrogens is 320 g/mol. The van der Waals surface area contributed by atoms with E-state index in [0.29, 0.717) is 18.3 Å². The van der Waals surface area contributed by atoms with Crippen molar-refractivity contribution in [3.05, 3.63) is 54.1 Å². The molecule has 6 nitrogen and oxygen atoms in total. The molecule has 0 N–H and O–H groups in total. The van der Waals surface area contributed by atoms with Gasteiger partial charge in [-0.15, -0.1) is 0 Å². The van der Waals surface area contributed by atoms with Gasteiger partial charge in [0, 0.05) is 18.9 Å². The summed E-state index contributed by atoms with van der Waals surface area (Å²) in [5.41, 5.74) is 1.06. The number of ether oxygens (including phenoxy) is 2. The third kappa shape index (κ3) is 4.07. The van der Waals surface area contributed by atoms with Crippen LogP contribution in [0.1, 0.15) is 37.8 Å². The highest BCUT2D eigenvalue weighted by Crippen LogP contribution is 2.39. The van der Waals surface area contributed by atoms with E-state index in [1.54, 1.807) is 23.9 Å². The monoisotopic (exact) mass is 342 g/mol. The molecule has 1 aromatic carbocycles. The Morgan fingerprint density at radius 3 is 2.68 bits per heavy atom. The van der Waals surface area contributed by atoms with Gasteiger partial charge in [0.25, 0.3) is 6.10 Å². The molecule has 1 fully saturated rings. The average molecular weight is 342 g/mol. The first-order valence-corrected chi connectivity index (χ1v) is 8.52. The molecule has 1 heterocycles. The maximum Gasteiger partial charge on any atom is 0.355 e. The minimum absolute atomic E-state index is 0.130. The van der Waals surface area contributed by atoms with Crippen molar-refractivity contribution in [1.82, 2.24) is 9.55 Å². The van der Waals surface area contributed by atoms with Crippen molar-refractivity contribution in [1.29, 1.82) is 0 Å². The molecule has 0 spiro atoms. The Hall–Kier alpha value is -2.63. The lowest BCUT2D eigenvalue weighted by Crippen LogP contribution is -2.26. The van der Waals surface area contributed by atoms with Crippen molar-refractivity contribution in [3.8, 4) is 0 Å². The van der Waals surface area contributed by atoms with Gasteiger partial charge < -0.3 is 14.0 Å². The molecule has 6 heteroatoms. The minimum atomic E-state index is -1.14.